The summed E-state index contributed by atoms with van der Waals surface area (Å²) in [5, 5.41) is 2.34. The SMILES string of the molecule is Cc1[nH]c(=O)[nH]c(=O)c1S(=O)(=O)Nc1nc(-c2ccc(Cl)cc2)cs1. The number of nitrogens with zero attached hydrogens (tertiary/aromatic N) is 1. The first-order chi connectivity index (χ1) is 11.8. The smallest absolute Gasteiger partial charge is 0.310 e. The first kappa shape index (κ1) is 17.4. The van der Waals surface area contributed by atoms with Gasteiger partial charge in [-0.05, 0) is 19.1 Å². The monoisotopic (exact) mass is 398 g/mol. The lowest BCUT2D eigenvalue weighted by atomic mass is 10.2. The Morgan fingerprint density at radius 1 is 1.16 bits per heavy atom. The molecule has 3 rings (SSSR count). The van der Waals surface area contributed by atoms with Crippen LogP contribution in [0.1, 0.15) is 5.69 Å². The number of hydrogen-bond donors (Lipinski definition) is 3. The van der Waals surface area contributed by atoms with Crippen LogP contribution in [0.3, 0.4) is 0 Å². The highest BCUT2D eigenvalue weighted by molar-refractivity contribution is 7.93. The van der Waals surface area contributed by atoms with Crippen molar-refractivity contribution >= 4 is 38.1 Å². The lowest BCUT2D eigenvalue weighted by molar-refractivity contribution is 0.598. The second-order valence-electron chi connectivity index (χ2n) is 5.01. The van der Waals surface area contributed by atoms with E-state index in [1.165, 1.54) is 6.92 Å². The van der Waals surface area contributed by atoms with Crippen LogP contribution in [0.4, 0.5) is 5.13 Å². The van der Waals surface area contributed by atoms with Crippen molar-refractivity contribution < 1.29 is 8.42 Å². The van der Waals surface area contributed by atoms with Crippen LogP contribution >= 0.6 is 22.9 Å². The molecule has 0 aliphatic rings. The topological polar surface area (TPSA) is 125 Å². The fourth-order valence-electron chi connectivity index (χ4n) is 2.15. The maximum absolute atomic E-state index is 12.4. The van der Waals surface area contributed by atoms with Gasteiger partial charge in [0.15, 0.2) is 10.0 Å². The van der Waals surface area contributed by atoms with Gasteiger partial charge in [0.05, 0.1) is 5.69 Å². The number of aryl methyl sites for hydroxylation is 1. The quantitative estimate of drug-likeness (QED) is 0.619. The summed E-state index contributed by atoms with van der Waals surface area (Å²) in [6.07, 6.45) is 0. The van der Waals surface area contributed by atoms with E-state index < -0.39 is 26.2 Å². The van der Waals surface area contributed by atoms with Crippen molar-refractivity contribution in [3.8, 4) is 11.3 Å². The minimum atomic E-state index is -4.20. The van der Waals surface area contributed by atoms with Crippen LogP contribution in [-0.2, 0) is 10.0 Å². The Balaban J connectivity index is 1.94. The Morgan fingerprint density at radius 3 is 2.48 bits per heavy atom. The second kappa shape index (κ2) is 6.47. The number of aromatic nitrogens is 3. The number of rotatable bonds is 4. The molecule has 0 unspecified atom stereocenters. The highest BCUT2D eigenvalue weighted by atomic mass is 35.5. The summed E-state index contributed by atoms with van der Waals surface area (Å²) in [5.41, 5.74) is -0.504. The van der Waals surface area contributed by atoms with E-state index in [0.29, 0.717) is 10.7 Å². The molecule has 0 fully saturated rings. The normalized spacial score (nSPS) is 11.4. The first-order valence-electron chi connectivity index (χ1n) is 6.84. The molecule has 2 heterocycles. The number of thiazole rings is 1. The summed E-state index contributed by atoms with van der Waals surface area (Å²) >= 11 is 6.90. The van der Waals surface area contributed by atoms with E-state index in [4.69, 9.17) is 11.6 Å². The van der Waals surface area contributed by atoms with E-state index in [1.807, 2.05) is 4.98 Å². The number of anilines is 1. The number of aromatic amines is 2. The predicted molar refractivity (Wildman–Crippen MR) is 95.8 cm³/mol. The zero-order chi connectivity index (χ0) is 18.2. The molecule has 0 spiro atoms. The van der Waals surface area contributed by atoms with E-state index >= 15 is 0 Å². The predicted octanol–water partition coefficient (Wildman–Crippen LogP) is 1.95. The fourth-order valence-corrected chi connectivity index (χ4v) is 4.49. The summed E-state index contributed by atoms with van der Waals surface area (Å²) in [6.45, 7) is 1.33. The summed E-state index contributed by atoms with van der Waals surface area (Å²) in [6, 6.07) is 6.91. The maximum Gasteiger partial charge on any atom is 0.325 e. The molecule has 3 aromatic rings. The van der Waals surface area contributed by atoms with Gasteiger partial charge in [-0.1, -0.05) is 23.7 Å². The second-order valence-corrected chi connectivity index (χ2v) is 7.93. The van der Waals surface area contributed by atoms with Crippen molar-refractivity contribution in [3.05, 3.63) is 61.2 Å². The van der Waals surface area contributed by atoms with Gasteiger partial charge in [-0.25, -0.2) is 18.2 Å². The Morgan fingerprint density at radius 2 is 1.84 bits per heavy atom. The molecule has 11 heteroatoms. The van der Waals surface area contributed by atoms with Crippen molar-refractivity contribution in [2.75, 3.05) is 4.72 Å². The number of sulfonamides is 1. The van der Waals surface area contributed by atoms with Crippen molar-refractivity contribution in [1.29, 1.82) is 0 Å². The highest BCUT2D eigenvalue weighted by Gasteiger charge is 2.23. The molecule has 3 N–H and O–H groups in total. The average molecular weight is 399 g/mol. The molecule has 0 atom stereocenters. The largest absolute Gasteiger partial charge is 0.325 e. The Bertz CT molecular complexity index is 1150. The summed E-state index contributed by atoms with van der Waals surface area (Å²) in [4.78, 5) is 30.8. The number of halogens is 1. The van der Waals surface area contributed by atoms with Gasteiger partial charge in [0, 0.05) is 21.7 Å². The Hall–Kier alpha value is -2.43. The standard InChI is InChI=1S/C14H11ClN4O4S2/c1-7-11(12(20)18-13(21)16-7)25(22,23)19-14-17-10(6-24-14)8-2-4-9(15)5-3-8/h2-6H,1H3,(H,17,19)(H2,16,18,20,21). The molecule has 0 radical (unpaired) electrons. The van der Waals surface area contributed by atoms with E-state index in [1.54, 1.807) is 29.6 Å². The summed E-state index contributed by atoms with van der Waals surface area (Å²) in [7, 11) is -4.20. The van der Waals surface area contributed by atoms with E-state index in [9.17, 15) is 18.0 Å². The van der Waals surface area contributed by atoms with Gasteiger partial charge in [-0.3, -0.25) is 14.5 Å². The van der Waals surface area contributed by atoms with Crippen LogP contribution in [0, 0.1) is 6.92 Å². The van der Waals surface area contributed by atoms with Gasteiger partial charge in [0.25, 0.3) is 15.6 Å². The van der Waals surface area contributed by atoms with Crippen molar-refractivity contribution in [2.24, 2.45) is 0 Å². The Kier molecular flexibility index (Phi) is 4.50. The van der Waals surface area contributed by atoms with Crippen LogP contribution < -0.4 is 16.0 Å². The molecule has 0 saturated carbocycles. The molecule has 0 amide bonds. The molecule has 0 aliphatic heterocycles. The van der Waals surface area contributed by atoms with E-state index in [2.05, 4.69) is 14.7 Å². The van der Waals surface area contributed by atoms with Crippen molar-refractivity contribution in [3.63, 3.8) is 0 Å². The third kappa shape index (κ3) is 3.65. The number of hydrogen-bond acceptors (Lipinski definition) is 6. The number of benzene rings is 1. The molecular formula is C14H11ClN4O4S2. The lowest BCUT2D eigenvalue weighted by Gasteiger charge is -2.06. The zero-order valence-corrected chi connectivity index (χ0v) is 15.1. The zero-order valence-electron chi connectivity index (χ0n) is 12.7. The number of nitrogens with one attached hydrogen (secondary N) is 3. The Labute approximate surface area is 150 Å². The molecule has 25 heavy (non-hydrogen) atoms. The van der Waals surface area contributed by atoms with Gasteiger partial charge < -0.3 is 4.98 Å². The third-order valence-corrected chi connectivity index (χ3v) is 5.84. The third-order valence-electron chi connectivity index (χ3n) is 3.21. The highest BCUT2D eigenvalue weighted by Crippen LogP contribution is 2.27. The molecule has 0 bridgehead atoms. The van der Waals surface area contributed by atoms with Crippen molar-refractivity contribution in [2.45, 2.75) is 11.8 Å². The van der Waals surface area contributed by atoms with E-state index in [-0.39, 0.29) is 10.8 Å². The van der Waals surface area contributed by atoms with Crippen LogP contribution in [0.2, 0.25) is 5.02 Å². The van der Waals surface area contributed by atoms with Crippen LogP contribution in [-0.4, -0.2) is 23.4 Å². The summed E-state index contributed by atoms with van der Waals surface area (Å²) in [5.74, 6) is 0. The molecular weight excluding hydrogens is 388 g/mol. The minimum Gasteiger partial charge on any atom is -0.310 e. The molecule has 0 saturated heterocycles. The average Bonchev–Trinajstić information content (AvgIpc) is 2.94. The van der Waals surface area contributed by atoms with Crippen LogP contribution in [0.25, 0.3) is 11.3 Å². The lowest BCUT2D eigenvalue weighted by Crippen LogP contribution is -2.31. The molecule has 8 nitrogen and oxygen atoms in total. The van der Waals surface area contributed by atoms with Gasteiger partial charge in [-0.2, -0.15) is 0 Å². The molecule has 1 aromatic carbocycles. The maximum atomic E-state index is 12.4. The van der Waals surface area contributed by atoms with Gasteiger partial charge in [0.2, 0.25) is 0 Å². The summed E-state index contributed by atoms with van der Waals surface area (Å²) < 4.78 is 27.1. The first-order valence-corrected chi connectivity index (χ1v) is 9.58. The minimum absolute atomic E-state index is 0.0595. The van der Waals surface area contributed by atoms with E-state index in [0.717, 1.165) is 16.9 Å². The van der Waals surface area contributed by atoms with Gasteiger partial charge >= 0.3 is 5.69 Å². The van der Waals surface area contributed by atoms with Crippen LogP contribution in [0.5, 0.6) is 0 Å². The van der Waals surface area contributed by atoms with Crippen molar-refractivity contribution in [1.82, 2.24) is 15.0 Å². The van der Waals surface area contributed by atoms with Gasteiger partial charge in [-0.15, -0.1) is 11.3 Å². The molecule has 0 aliphatic carbocycles. The molecule has 130 valence electrons. The molecule has 2 aromatic heterocycles. The van der Waals surface area contributed by atoms with Gasteiger partial charge in [0.1, 0.15) is 0 Å². The van der Waals surface area contributed by atoms with Crippen LogP contribution in [0.15, 0.2) is 44.1 Å². The fraction of sp³-hybridized carbons (Fsp3) is 0.0714. The number of H-pyrrole nitrogens is 2.